The van der Waals surface area contributed by atoms with E-state index in [9.17, 15) is 0 Å². The second-order valence-electron chi connectivity index (χ2n) is 5.25. The number of rotatable bonds is 6. The standard InChI is InChI=1S/C18H22BrN/c1-14-7-3-4-8-15(14)11-12-17(20-2)13-16-9-5-6-10-18(16)19/h3-10,17,20H,11-13H2,1-2H3. The Kier molecular flexibility index (Phi) is 5.81. The van der Waals surface area contributed by atoms with Gasteiger partial charge in [0.1, 0.15) is 0 Å². The monoisotopic (exact) mass is 331 g/mol. The van der Waals surface area contributed by atoms with Gasteiger partial charge in [-0.2, -0.15) is 0 Å². The molecule has 0 spiro atoms. The van der Waals surface area contributed by atoms with Gasteiger partial charge in [-0.3, -0.25) is 0 Å². The Morgan fingerprint density at radius 2 is 1.65 bits per heavy atom. The molecule has 1 nitrogen and oxygen atoms in total. The third kappa shape index (κ3) is 4.19. The highest BCUT2D eigenvalue weighted by molar-refractivity contribution is 9.10. The molecule has 20 heavy (non-hydrogen) atoms. The van der Waals surface area contributed by atoms with Crippen molar-refractivity contribution >= 4 is 15.9 Å². The summed E-state index contributed by atoms with van der Waals surface area (Å²) in [4.78, 5) is 0. The van der Waals surface area contributed by atoms with Gasteiger partial charge in [-0.15, -0.1) is 0 Å². The normalized spacial score (nSPS) is 12.3. The zero-order valence-corrected chi connectivity index (χ0v) is 13.8. The van der Waals surface area contributed by atoms with Crippen LogP contribution >= 0.6 is 15.9 Å². The smallest absolute Gasteiger partial charge is 0.0207 e. The predicted molar refractivity (Wildman–Crippen MR) is 90.2 cm³/mol. The minimum absolute atomic E-state index is 0.508. The van der Waals surface area contributed by atoms with Crippen LogP contribution in [0.15, 0.2) is 53.0 Å². The van der Waals surface area contributed by atoms with E-state index >= 15 is 0 Å². The minimum Gasteiger partial charge on any atom is -0.317 e. The molecule has 2 aromatic carbocycles. The average molecular weight is 332 g/mol. The average Bonchev–Trinajstić information content (AvgIpc) is 2.47. The second-order valence-corrected chi connectivity index (χ2v) is 6.10. The first kappa shape index (κ1) is 15.3. The van der Waals surface area contributed by atoms with Gasteiger partial charge in [0.2, 0.25) is 0 Å². The van der Waals surface area contributed by atoms with Crippen molar-refractivity contribution in [1.29, 1.82) is 0 Å². The number of benzene rings is 2. The second kappa shape index (κ2) is 7.61. The molecule has 2 heteroatoms. The molecular formula is C18H22BrN. The van der Waals surface area contributed by atoms with Gasteiger partial charge in [-0.1, -0.05) is 58.4 Å². The Morgan fingerprint density at radius 1 is 1.00 bits per heavy atom. The van der Waals surface area contributed by atoms with E-state index in [1.807, 2.05) is 0 Å². The fourth-order valence-electron chi connectivity index (χ4n) is 2.50. The van der Waals surface area contributed by atoms with Gasteiger partial charge in [-0.25, -0.2) is 0 Å². The molecule has 106 valence electrons. The third-order valence-corrected chi connectivity index (χ3v) is 4.63. The molecule has 0 bridgehead atoms. The minimum atomic E-state index is 0.508. The van der Waals surface area contributed by atoms with Crippen molar-refractivity contribution in [1.82, 2.24) is 5.32 Å². The zero-order valence-electron chi connectivity index (χ0n) is 12.2. The Balaban J connectivity index is 1.96. The van der Waals surface area contributed by atoms with E-state index in [2.05, 4.69) is 83.7 Å². The van der Waals surface area contributed by atoms with Crippen molar-refractivity contribution < 1.29 is 0 Å². The van der Waals surface area contributed by atoms with Crippen LogP contribution in [0.1, 0.15) is 23.1 Å². The highest BCUT2D eigenvalue weighted by Crippen LogP contribution is 2.19. The molecule has 2 rings (SSSR count). The quantitative estimate of drug-likeness (QED) is 0.820. The first-order valence-electron chi connectivity index (χ1n) is 7.16. The van der Waals surface area contributed by atoms with Crippen molar-refractivity contribution in [3.63, 3.8) is 0 Å². The van der Waals surface area contributed by atoms with E-state index in [4.69, 9.17) is 0 Å². The van der Waals surface area contributed by atoms with Crippen LogP contribution in [0.4, 0.5) is 0 Å². The lowest BCUT2D eigenvalue weighted by atomic mass is 9.97. The summed E-state index contributed by atoms with van der Waals surface area (Å²) in [7, 11) is 2.05. The number of hydrogen-bond donors (Lipinski definition) is 1. The fourth-order valence-corrected chi connectivity index (χ4v) is 2.94. The molecule has 2 aromatic rings. The highest BCUT2D eigenvalue weighted by atomic mass is 79.9. The Bertz CT molecular complexity index is 551. The number of likely N-dealkylation sites (N-methyl/N-ethyl adjacent to an activating group) is 1. The molecule has 0 heterocycles. The molecule has 1 unspecified atom stereocenters. The van der Waals surface area contributed by atoms with Crippen LogP contribution in [-0.2, 0) is 12.8 Å². The summed E-state index contributed by atoms with van der Waals surface area (Å²) in [6.45, 7) is 2.19. The van der Waals surface area contributed by atoms with Crippen molar-refractivity contribution in [2.45, 2.75) is 32.2 Å². The van der Waals surface area contributed by atoms with Gasteiger partial charge in [0, 0.05) is 10.5 Å². The number of nitrogens with one attached hydrogen (secondary N) is 1. The van der Waals surface area contributed by atoms with Crippen LogP contribution < -0.4 is 5.32 Å². The Morgan fingerprint density at radius 3 is 2.30 bits per heavy atom. The fraction of sp³-hybridized carbons (Fsp3) is 0.333. The number of hydrogen-bond acceptors (Lipinski definition) is 1. The van der Waals surface area contributed by atoms with Crippen LogP contribution in [0.25, 0.3) is 0 Å². The van der Waals surface area contributed by atoms with Crippen molar-refractivity contribution in [3.05, 3.63) is 69.7 Å². The lowest BCUT2D eigenvalue weighted by Gasteiger charge is -2.17. The molecule has 0 aliphatic carbocycles. The zero-order chi connectivity index (χ0) is 14.4. The maximum Gasteiger partial charge on any atom is 0.0207 e. The van der Waals surface area contributed by atoms with Gasteiger partial charge in [-0.05, 0) is 56.0 Å². The van der Waals surface area contributed by atoms with E-state index in [1.165, 1.54) is 21.2 Å². The summed E-state index contributed by atoms with van der Waals surface area (Å²) in [6, 6.07) is 17.7. The predicted octanol–water partition coefficient (Wildman–Crippen LogP) is 4.52. The van der Waals surface area contributed by atoms with E-state index in [-0.39, 0.29) is 0 Å². The lowest BCUT2D eigenvalue weighted by molar-refractivity contribution is 0.519. The molecule has 0 saturated heterocycles. The SMILES string of the molecule is CNC(CCc1ccccc1C)Cc1ccccc1Br. The van der Waals surface area contributed by atoms with Crippen LogP contribution in [0.3, 0.4) is 0 Å². The maximum absolute atomic E-state index is 3.63. The van der Waals surface area contributed by atoms with Gasteiger partial charge < -0.3 is 5.32 Å². The molecule has 0 aliphatic rings. The molecular weight excluding hydrogens is 310 g/mol. The maximum atomic E-state index is 3.63. The summed E-state index contributed by atoms with van der Waals surface area (Å²) in [5.41, 5.74) is 4.22. The van der Waals surface area contributed by atoms with Crippen molar-refractivity contribution in [3.8, 4) is 0 Å². The van der Waals surface area contributed by atoms with Gasteiger partial charge in [0.15, 0.2) is 0 Å². The van der Waals surface area contributed by atoms with Crippen LogP contribution in [-0.4, -0.2) is 13.1 Å². The Labute approximate surface area is 130 Å². The molecule has 0 aromatic heterocycles. The number of halogens is 1. The van der Waals surface area contributed by atoms with E-state index < -0.39 is 0 Å². The molecule has 1 atom stereocenters. The topological polar surface area (TPSA) is 12.0 Å². The van der Waals surface area contributed by atoms with Gasteiger partial charge >= 0.3 is 0 Å². The van der Waals surface area contributed by atoms with E-state index in [1.54, 1.807) is 0 Å². The summed E-state index contributed by atoms with van der Waals surface area (Å²) in [5, 5.41) is 3.45. The van der Waals surface area contributed by atoms with Crippen LogP contribution in [0.2, 0.25) is 0 Å². The Hall–Kier alpha value is -1.12. The first-order chi connectivity index (χ1) is 9.70. The molecule has 1 N–H and O–H groups in total. The third-order valence-electron chi connectivity index (χ3n) is 3.86. The molecule has 0 saturated carbocycles. The van der Waals surface area contributed by atoms with Crippen molar-refractivity contribution in [2.75, 3.05) is 7.05 Å². The highest BCUT2D eigenvalue weighted by Gasteiger charge is 2.10. The van der Waals surface area contributed by atoms with Gasteiger partial charge in [0.25, 0.3) is 0 Å². The van der Waals surface area contributed by atoms with Gasteiger partial charge in [0.05, 0.1) is 0 Å². The summed E-state index contributed by atoms with van der Waals surface area (Å²) in [6.07, 6.45) is 3.34. The van der Waals surface area contributed by atoms with E-state index in [0.29, 0.717) is 6.04 Å². The largest absolute Gasteiger partial charge is 0.317 e. The van der Waals surface area contributed by atoms with E-state index in [0.717, 1.165) is 19.3 Å². The number of aryl methyl sites for hydroxylation is 2. The van der Waals surface area contributed by atoms with Crippen LogP contribution in [0, 0.1) is 6.92 Å². The summed E-state index contributed by atoms with van der Waals surface area (Å²) >= 11 is 3.63. The lowest BCUT2D eigenvalue weighted by Crippen LogP contribution is -2.28. The molecule has 0 radical (unpaired) electrons. The summed E-state index contributed by atoms with van der Waals surface area (Å²) < 4.78 is 1.20. The molecule has 0 aliphatic heterocycles. The first-order valence-corrected chi connectivity index (χ1v) is 7.95. The van der Waals surface area contributed by atoms with Crippen molar-refractivity contribution in [2.24, 2.45) is 0 Å². The molecule has 0 amide bonds. The van der Waals surface area contributed by atoms with Crippen LogP contribution in [0.5, 0.6) is 0 Å². The summed E-state index contributed by atoms with van der Waals surface area (Å²) in [5.74, 6) is 0. The molecule has 0 fully saturated rings.